The van der Waals surface area contributed by atoms with E-state index in [1.807, 2.05) is 0 Å². The summed E-state index contributed by atoms with van der Waals surface area (Å²) in [6, 6.07) is 3.92. The van der Waals surface area contributed by atoms with Gasteiger partial charge in [-0.1, -0.05) is 0 Å². The second kappa shape index (κ2) is 10.1. The van der Waals surface area contributed by atoms with Crippen LogP contribution in [0.5, 0.6) is 0 Å². The number of halogens is 1. The Hall–Kier alpha value is -1.91. The molecule has 0 spiro atoms. The highest BCUT2D eigenvalue weighted by Crippen LogP contribution is 2.17. The van der Waals surface area contributed by atoms with Crippen LogP contribution in [-0.4, -0.2) is 75.7 Å². The zero-order valence-electron chi connectivity index (χ0n) is 12.8. The van der Waals surface area contributed by atoms with Gasteiger partial charge in [0, 0.05) is 24.3 Å². The number of hydrogen-bond donors (Lipinski definition) is 6. The topological polar surface area (TPSA) is 170 Å². The number of carbonyl (C=O) groups excluding carboxylic acids is 2. The van der Waals surface area contributed by atoms with E-state index in [1.54, 1.807) is 0 Å². The second-order valence-electron chi connectivity index (χ2n) is 5.05. The number of aliphatic hydroxyl groups excluding tert-OH is 4. The normalized spacial score (nSPS) is 12.8. The molecular formula is C14H22ClN3O6. The Balaban J connectivity index is 0.00000529. The molecule has 0 radical (unpaired) electrons. The number of rotatable bonds is 8. The number of hydrogen-bond acceptors (Lipinski definition) is 7. The third-order valence-corrected chi connectivity index (χ3v) is 3.14. The van der Waals surface area contributed by atoms with E-state index in [2.05, 4.69) is 0 Å². The molecule has 1 aromatic carbocycles. The monoisotopic (exact) mass is 363 g/mol. The average Bonchev–Trinajstić information content (AvgIpc) is 2.53. The fraction of sp³-hybridized carbons (Fsp3) is 0.429. The summed E-state index contributed by atoms with van der Waals surface area (Å²) in [6.07, 6.45) is -2.46. The summed E-state index contributed by atoms with van der Waals surface area (Å²) in [4.78, 5) is 24.8. The van der Waals surface area contributed by atoms with E-state index in [9.17, 15) is 19.8 Å². The fourth-order valence-corrected chi connectivity index (χ4v) is 1.93. The number of anilines is 1. The van der Waals surface area contributed by atoms with Crippen molar-refractivity contribution in [1.82, 2.24) is 4.90 Å². The molecule has 0 saturated carbocycles. The van der Waals surface area contributed by atoms with E-state index >= 15 is 0 Å². The number of carbonyl (C=O) groups is 2. The van der Waals surface area contributed by atoms with Crippen molar-refractivity contribution in [2.24, 2.45) is 5.73 Å². The van der Waals surface area contributed by atoms with Gasteiger partial charge in [-0.25, -0.2) is 0 Å². The van der Waals surface area contributed by atoms with Gasteiger partial charge in [-0.05, 0) is 18.2 Å². The summed E-state index contributed by atoms with van der Waals surface area (Å²) < 4.78 is 0. The molecule has 0 bridgehead atoms. The van der Waals surface area contributed by atoms with E-state index in [4.69, 9.17) is 21.7 Å². The molecule has 0 aromatic heterocycles. The lowest BCUT2D eigenvalue weighted by Gasteiger charge is -2.27. The van der Waals surface area contributed by atoms with Crippen molar-refractivity contribution in [2.75, 3.05) is 32.0 Å². The van der Waals surface area contributed by atoms with Gasteiger partial charge in [0.1, 0.15) is 0 Å². The SMILES string of the molecule is Cl.NC(=O)c1ccc(N)c(C(=O)N(CC(O)CO)CC(O)CO)c1. The molecule has 0 aliphatic heterocycles. The molecule has 0 fully saturated rings. The molecule has 136 valence electrons. The number of nitrogen functional groups attached to an aromatic ring is 1. The minimum Gasteiger partial charge on any atom is -0.398 e. The molecule has 1 rings (SSSR count). The minimum atomic E-state index is -1.23. The van der Waals surface area contributed by atoms with Crippen LogP contribution in [-0.2, 0) is 0 Å². The highest BCUT2D eigenvalue weighted by Gasteiger charge is 2.23. The summed E-state index contributed by atoms with van der Waals surface area (Å²) >= 11 is 0. The van der Waals surface area contributed by atoms with Crippen LogP contribution in [0.3, 0.4) is 0 Å². The predicted molar refractivity (Wildman–Crippen MR) is 88.7 cm³/mol. The van der Waals surface area contributed by atoms with Crippen molar-refractivity contribution in [3.05, 3.63) is 29.3 Å². The van der Waals surface area contributed by atoms with Crippen LogP contribution in [0.2, 0.25) is 0 Å². The Morgan fingerprint density at radius 1 is 1.08 bits per heavy atom. The summed E-state index contributed by atoms with van der Waals surface area (Å²) in [6.45, 7) is -1.75. The van der Waals surface area contributed by atoms with Crippen LogP contribution >= 0.6 is 12.4 Å². The zero-order chi connectivity index (χ0) is 17.6. The largest absolute Gasteiger partial charge is 0.398 e. The maximum atomic E-state index is 12.6. The fourth-order valence-electron chi connectivity index (χ4n) is 1.93. The van der Waals surface area contributed by atoms with E-state index in [1.165, 1.54) is 18.2 Å². The molecule has 8 N–H and O–H groups in total. The smallest absolute Gasteiger partial charge is 0.256 e. The van der Waals surface area contributed by atoms with Crippen molar-refractivity contribution >= 4 is 29.9 Å². The Bertz CT molecular complexity index is 559. The second-order valence-corrected chi connectivity index (χ2v) is 5.05. The third-order valence-electron chi connectivity index (χ3n) is 3.14. The number of benzene rings is 1. The summed E-state index contributed by atoms with van der Waals surface area (Å²) in [5, 5.41) is 36.9. The molecular weight excluding hydrogens is 342 g/mol. The van der Waals surface area contributed by atoms with Crippen LogP contribution in [0.4, 0.5) is 5.69 Å². The zero-order valence-corrected chi connectivity index (χ0v) is 13.6. The van der Waals surface area contributed by atoms with Gasteiger partial charge in [-0.15, -0.1) is 12.4 Å². The van der Waals surface area contributed by atoms with Crippen LogP contribution in [0, 0.1) is 0 Å². The van der Waals surface area contributed by atoms with Gasteiger partial charge in [-0.3, -0.25) is 9.59 Å². The van der Waals surface area contributed by atoms with Crippen molar-refractivity contribution < 1.29 is 30.0 Å². The summed E-state index contributed by atoms with van der Waals surface area (Å²) in [5.74, 6) is -1.41. The first-order chi connectivity index (χ1) is 10.8. The summed E-state index contributed by atoms with van der Waals surface area (Å²) in [7, 11) is 0. The standard InChI is InChI=1S/C14H21N3O6.ClH/c15-12-2-1-8(13(16)22)3-11(12)14(23)17(4-9(20)6-18)5-10(21)7-19;/h1-3,9-10,18-21H,4-7,15H2,(H2,16,22);1H. The van der Waals surface area contributed by atoms with Crippen LogP contribution in [0.1, 0.15) is 20.7 Å². The van der Waals surface area contributed by atoms with Gasteiger partial charge in [0.15, 0.2) is 0 Å². The molecule has 24 heavy (non-hydrogen) atoms. The van der Waals surface area contributed by atoms with Crippen molar-refractivity contribution in [1.29, 1.82) is 0 Å². The molecule has 10 heteroatoms. The molecule has 0 aliphatic rings. The Morgan fingerprint density at radius 3 is 2.00 bits per heavy atom. The lowest BCUT2D eigenvalue weighted by molar-refractivity contribution is 0.0210. The van der Waals surface area contributed by atoms with Crippen LogP contribution < -0.4 is 11.5 Å². The number of amides is 2. The first kappa shape index (κ1) is 22.1. The maximum Gasteiger partial charge on any atom is 0.256 e. The van der Waals surface area contributed by atoms with Crippen molar-refractivity contribution in [3.8, 4) is 0 Å². The van der Waals surface area contributed by atoms with Gasteiger partial charge in [0.05, 0.1) is 31.0 Å². The lowest BCUT2D eigenvalue weighted by Crippen LogP contribution is -2.44. The number of aliphatic hydroxyl groups is 4. The van der Waals surface area contributed by atoms with Gasteiger partial charge in [-0.2, -0.15) is 0 Å². The molecule has 1 aromatic rings. The summed E-state index contributed by atoms with van der Waals surface area (Å²) in [5.41, 5.74) is 11.0. The Kier molecular flexibility index (Phi) is 9.26. The molecule has 0 saturated heterocycles. The molecule has 0 heterocycles. The van der Waals surface area contributed by atoms with E-state index in [0.29, 0.717) is 0 Å². The van der Waals surface area contributed by atoms with Gasteiger partial charge in [0.2, 0.25) is 5.91 Å². The molecule has 2 amide bonds. The molecule has 9 nitrogen and oxygen atoms in total. The highest BCUT2D eigenvalue weighted by molar-refractivity contribution is 6.02. The molecule has 0 aliphatic carbocycles. The van der Waals surface area contributed by atoms with Crippen LogP contribution in [0.25, 0.3) is 0 Å². The van der Waals surface area contributed by atoms with E-state index in [0.717, 1.165) is 4.90 Å². The molecule has 2 atom stereocenters. The third kappa shape index (κ3) is 5.95. The maximum absolute atomic E-state index is 12.6. The van der Waals surface area contributed by atoms with Crippen molar-refractivity contribution in [3.63, 3.8) is 0 Å². The minimum absolute atomic E-state index is 0. The van der Waals surface area contributed by atoms with Gasteiger partial charge >= 0.3 is 0 Å². The molecule has 2 unspecified atom stereocenters. The average molecular weight is 364 g/mol. The Morgan fingerprint density at radius 2 is 1.58 bits per heavy atom. The quantitative estimate of drug-likeness (QED) is 0.288. The predicted octanol–water partition coefficient (Wildman–Crippen LogP) is -2.06. The van der Waals surface area contributed by atoms with Crippen LogP contribution in [0.15, 0.2) is 18.2 Å². The van der Waals surface area contributed by atoms with Gasteiger partial charge in [0.25, 0.3) is 5.91 Å². The van der Waals surface area contributed by atoms with E-state index < -0.39 is 37.2 Å². The number of nitrogens with zero attached hydrogens (tertiary/aromatic N) is 1. The van der Waals surface area contributed by atoms with Gasteiger partial charge < -0.3 is 36.8 Å². The highest BCUT2D eigenvalue weighted by atomic mass is 35.5. The van der Waals surface area contributed by atoms with Crippen molar-refractivity contribution in [2.45, 2.75) is 12.2 Å². The van der Waals surface area contributed by atoms with E-state index in [-0.39, 0.29) is 42.3 Å². The Labute approximate surface area is 144 Å². The first-order valence-corrected chi connectivity index (χ1v) is 6.86. The number of nitrogens with two attached hydrogens (primary N) is 2. The lowest BCUT2D eigenvalue weighted by atomic mass is 10.1. The first-order valence-electron chi connectivity index (χ1n) is 6.86. The number of primary amides is 1.